The zero-order chi connectivity index (χ0) is 20.7. The van der Waals surface area contributed by atoms with Crippen LogP contribution in [0, 0.1) is 5.82 Å². The summed E-state index contributed by atoms with van der Waals surface area (Å²) in [5.41, 5.74) is 1.00. The van der Waals surface area contributed by atoms with Gasteiger partial charge < -0.3 is 10.1 Å². The van der Waals surface area contributed by atoms with Crippen LogP contribution < -0.4 is 5.32 Å². The van der Waals surface area contributed by atoms with Crippen molar-refractivity contribution in [2.45, 2.75) is 11.3 Å². The van der Waals surface area contributed by atoms with Crippen LogP contribution in [0.15, 0.2) is 53.4 Å². The number of nitrogens with one attached hydrogen (secondary N) is 1. The van der Waals surface area contributed by atoms with E-state index >= 15 is 0 Å². The molecule has 2 aromatic carbocycles. The first kappa shape index (κ1) is 21.5. The van der Waals surface area contributed by atoms with E-state index in [1.165, 1.54) is 50.5 Å². The summed E-state index contributed by atoms with van der Waals surface area (Å²) >= 11 is 0. The predicted molar refractivity (Wildman–Crippen MR) is 101 cm³/mol. The third kappa shape index (κ3) is 5.86. The molecule has 0 unspecified atom stereocenters. The smallest absolute Gasteiger partial charge is 0.338 e. The van der Waals surface area contributed by atoms with Gasteiger partial charge in [-0.2, -0.15) is 0 Å². The summed E-state index contributed by atoms with van der Waals surface area (Å²) in [5, 5.41) is 2.60. The molecule has 0 heterocycles. The Morgan fingerprint density at radius 3 is 2.21 bits per heavy atom. The second-order valence-electron chi connectivity index (χ2n) is 6.11. The summed E-state index contributed by atoms with van der Waals surface area (Å²) < 4.78 is 42.8. The number of sulfonamides is 1. The summed E-state index contributed by atoms with van der Waals surface area (Å²) in [5.74, 6) is -1.53. The minimum Gasteiger partial charge on any atom is -0.452 e. The molecule has 0 aliphatic rings. The van der Waals surface area contributed by atoms with E-state index in [0.29, 0.717) is 13.0 Å². The molecule has 1 N–H and O–H groups in total. The van der Waals surface area contributed by atoms with Crippen molar-refractivity contribution in [1.29, 1.82) is 0 Å². The van der Waals surface area contributed by atoms with E-state index in [1.807, 2.05) is 0 Å². The first-order valence-electron chi connectivity index (χ1n) is 8.41. The molecule has 0 saturated carbocycles. The second-order valence-corrected chi connectivity index (χ2v) is 8.27. The molecule has 7 nitrogen and oxygen atoms in total. The van der Waals surface area contributed by atoms with Gasteiger partial charge in [-0.3, -0.25) is 4.79 Å². The summed E-state index contributed by atoms with van der Waals surface area (Å²) in [7, 11) is -0.767. The number of hydrogen-bond acceptors (Lipinski definition) is 5. The van der Waals surface area contributed by atoms with Gasteiger partial charge in [0, 0.05) is 20.6 Å². The number of rotatable bonds is 8. The van der Waals surface area contributed by atoms with Crippen molar-refractivity contribution in [1.82, 2.24) is 9.62 Å². The van der Waals surface area contributed by atoms with Crippen LogP contribution in [0.1, 0.15) is 15.9 Å². The summed E-state index contributed by atoms with van der Waals surface area (Å²) in [6.45, 7) is -0.140. The van der Waals surface area contributed by atoms with Gasteiger partial charge in [-0.05, 0) is 48.4 Å². The molecule has 0 spiro atoms. The van der Waals surface area contributed by atoms with Crippen molar-refractivity contribution >= 4 is 21.9 Å². The fraction of sp³-hybridized carbons (Fsp3) is 0.263. The lowest BCUT2D eigenvalue weighted by molar-refractivity contribution is -0.124. The number of benzene rings is 2. The molecule has 1 amide bonds. The Balaban J connectivity index is 1.79. The number of nitrogens with zero attached hydrogens (tertiary/aromatic N) is 1. The maximum absolute atomic E-state index is 12.8. The summed E-state index contributed by atoms with van der Waals surface area (Å²) in [4.78, 5) is 23.8. The van der Waals surface area contributed by atoms with E-state index in [-0.39, 0.29) is 16.3 Å². The van der Waals surface area contributed by atoms with Crippen LogP contribution in [0.2, 0.25) is 0 Å². The monoisotopic (exact) mass is 408 g/mol. The van der Waals surface area contributed by atoms with Crippen LogP contribution in [-0.2, 0) is 26.0 Å². The van der Waals surface area contributed by atoms with Crippen LogP contribution in [-0.4, -0.2) is 51.8 Å². The molecule has 150 valence electrons. The van der Waals surface area contributed by atoms with Gasteiger partial charge in [0.15, 0.2) is 6.61 Å². The Morgan fingerprint density at radius 1 is 1.04 bits per heavy atom. The van der Waals surface area contributed by atoms with Crippen LogP contribution in [0.4, 0.5) is 4.39 Å². The molecule has 0 fully saturated rings. The molecular weight excluding hydrogens is 387 g/mol. The first-order valence-corrected chi connectivity index (χ1v) is 9.85. The van der Waals surface area contributed by atoms with Crippen LogP contribution >= 0.6 is 0 Å². The second kappa shape index (κ2) is 9.43. The third-order valence-corrected chi connectivity index (χ3v) is 5.68. The SMILES string of the molecule is CN(C)S(=O)(=O)c1ccc(C(=O)OCC(=O)NCCc2ccc(F)cc2)cc1. The maximum atomic E-state index is 12.8. The Kier molecular flexibility index (Phi) is 7.24. The highest BCUT2D eigenvalue weighted by atomic mass is 32.2. The molecule has 0 atom stereocenters. The molecule has 0 radical (unpaired) electrons. The highest BCUT2D eigenvalue weighted by Gasteiger charge is 2.18. The van der Waals surface area contributed by atoms with Gasteiger partial charge in [0.05, 0.1) is 10.5 Å². The van der Waals surface area contributed by atoms with Gasteiger partial charge in [0.25, 0.3) is 5.91 Å². The van der Waals surface area contributed by atoms with Crippen LogP contribution in [0.5, 0.6) is 0 Å². The predicted octanol–water partition coefficient (Wildman–Crippen LogP) is 1.59. The van der Waals surface area contributed by atoms with E-state index in [9.17, 15) is 22.4 Å². The average molecular weight is 408 g/mol. The van der Waals surface area contributed by atoms with Crippen molar-refractivity contribution in [3.05, 3.63) is 65.5 Å². The van der Waals surface area contributed by atoms with Crippen molar-refractivity contribution < 1.29 is 27.1 Å². The van der Waals surface area contributed by atoms with Crippen LogP contribution in [0.25, 0.3) is 0 Å². The number of hydrogen-bond donors (Lipinski definition) is 1. The summed E-state index contributed by atoms with van der Waals surface area (Å²) in [6.07, 6.45) is 0.516. The lowest BCUT2D eigenvalue weighted by atomic mass is 10.1. The highest BCUT2D eigenvalue weighted by Crippen LogP contribution is 2.14. The minimum atomic E-state index is -3.58. The van der Waals surface area contributed by atoms with E-state index in [4.69, 9.17) is 4.74 Å². The fourth-order valence-corrected chi connectivity index (χ4v) is 3.14. The Morgan fingerprint density at radius 2 is 1.64 bits per heavy atom. The Hall–Kier alpha value is -2.78. The van der Waals surface area contributed by atoms with Crippen molar-refractivity contribution in [2.24, 2.45) is 0 Å². The molecule has 0 bridgehead atoms. The van der Waals surface area contributed by atoms with E-state index in [0.717, 1.165) is 9.87 Å². The van der Waals surface area contributed by atoms with E-state index in [1.54, 1.807) is 12.1 Å². The fourth-order valence-electron chi connectivity index (χ4n) is 2.24. The van der Waals surface area contributed by atoms with Crippen molar-refractivity contribution in [2.75, 3.05) is 27.2 Å². The van der Waals surface area contributed by atoms with Gasteiger partial charge >= 0.3 is 5.97 Å². The Labute approximate surface area is 163 Å². The minimum absolute atomic E-state index is 0.0487. The molecular formula is C19H21FN2O5S. The van der Waals surface area contributed by atoms with Gasteiger partial charge in [0.2, 0.25) is 10.0 Å². The normalized spacial score (nSPS) is 11.3. The zero-order valence-electron chi connectivity index (χ0n) is 15.5. The molecule has 0 aliphatic carbocycles. The number of esters is 1. The molecule has 0 aromatic heterocycles. The van der Waals surface area contributed by atoms with E-state index in [2.05, 4.69) is 5.32 Å². The molecule has 9 heteroatoms. The highest BCUT2D eigenvalue weighted by molar-refractivity contribution is 7.89. The number of halogens is 1. The van der Waals surface area contributed by atoms with Crippen LogP contribution in [0.3, 0.4) is 0 Å². The Bertz CT molecular complexity index is 926. The number of ether oxygens (including phenoxy) is 1. The van der Waals surface area contributed by atoms with E-state index < -0.39 is 28.5 Å². The summed E-state index contributed by atoms with van der Waals surface area (Å²) in [6, 6.07) is 11.2. The largest absolute Gasteiger partial charge is 0.452 e. The van der Waals surface area contributed by atoms with Gasteiger partial charge in [0.1, 0.15) is 5.82 Å². The van der Waals surface area contributed by atoms with Gasteiger partial charge in [-0.1, -0.05) is 12.1 Å². The third-order valence-electron chi connectivity index (χ3n) is 3.85. The molecule has 2 rings (SSSR count). The van der Waals surface area contributed by atoms with Crippen molar-refractivity contribution in [3.8, 4) is 0 Å². The average Bonchev–Trinajstić information content (AvgIpc) is 2.67. The number of carbonyl (C=O) groups excluding carboxylic acids is 2. The topological polar surface area (TPSA) is 92.8 Å². The lowest BCUT2D eigenvalue weighted by Crippen LogP contribution is -2.30. The first-order chi connectivity index (χ1) is 13.2. The maximum Gasteiger partial charge on any atom is 0.338 e. The number of amides is 1. The number of carbonyl (C=O) groups is 2. The van der Waals surface area contributed by atoms with Gasteiger partial charge in [-0.15, -0.1) is 0 Å². The quantitative estimate of drug-likeness (QED) is 0.670. The van der Waals surface area contributed by atoms with Gasteiger partial charge in [-0.25, -0.2) is 21.9 Å². The van der Waals surface area contributed by atoms with Crippen molar-refractivity contribution in [3.63, 3.8) is 0 Å². The molecule has 28 heavy (non-hydrogen) atoms. The lowest BCUT2D eigenvalue weighted by Gasteiger charge is -2.11. The molecule has 2 aromatic rings. The zero-order valence-corrected chi connectivity index (χ0v) is 16.3. The molecule has 0 saturated heterocycles. The standard InChI is InChI=1S/C19H21FN2O5S/c1-22(2)28(25,26)17-9-5-15(6-10-17)19(24)27-13-18(23)21-12-11-14-3-7-16(20)8-4-14/h3-10H,11-13H2,1-2H3,(H,21,23). The molecule has 0 aliphatic heterocycles.